The fourth-order valence-corrected chi connectivity index (χ4v) is 2.34. The SMILES string of the molecule is Cl.O=C1CCNC1C1CCCC1. The number of Topliss-reactive ketones (excluding diaryl/α,β-unsaturated/α-hetero) is 1. The molecule has 0 aromatic heterocycles. The summed E-state index contributed by atoms with van der Waals surface area (Å²) in [6.07, 6.45) is 5.96. The van der Waals surface area contributed by atoms with E-state index in [1.165, 1.54) is 25.7 Å². The van der Waals surface area contributed by atoms with Crippen LogP contribution in [0.25, 0.3) is 0 Å². The van der Waals surface area contributed by atoms with Crippen molar-refractivity contribution < 1.29 is 4.79 Å². The van der Waals surface area contributed by atoms with Crippen LogP contribution < -0.4 is 5.32 Å². The minimum absolute atomic E-state index is 0. The van der Waals surface area contributed by atoms with Gasteiger partial charge in [-0.05, 0) is 18.8 Å². The molecular weight excluding hydrogens is 174 g/mol. The fraction of sp³-hybridized carbons (Fsp3) is 0.889. The van der Waals surface area contributed by atoms with E-state index < -0.39 is 0 Å². The lowest BCUT2D eigenvalue weighted by atomic mass is 9.96. The first-order chi connectivity index (χ1) is 5.38. The van der Waals surface area contributed by atoms with Crippen molar-refractivity contribution in [2.24, 2.45) is 5.92 Å². The van der Waals surface area contributed by atoms with Gasteiger partial charge < -0.3 is 5.32 Å². The highest BCUT2D eigenvalue weighted by atomic mass is 35.5. The molecule has 1 atom stereocenters. The molecule has 2 aliphatic rings. The lowest BCUT2D eigenvalue weighted by Crippen LogP contribution is -2.33. The number of carbonyl (C=O) groups excluding carboxylic acids is 1. The molecule has 12 heavy (non-hydrogen) atoms. The Morgan fingerprint density at radius 1 is 1.25 bits per heavy atom. The molecule has 1 saturated heterocycles. The summed E-state index contributed by atoms with van der Waals surface area (Å²) in [5, 5.41) is 3.30. The highest BCUT2D eigenvalue weighted by Crippen LogP contribution is 2.29. The molecule has 1 heterocycles. The van der Waals surface area contributed by atoms with Gasteiger partial charge in [0.15, 0.2) is 5.78 Å². The minimum atomic E-state index is 0. The van der Waals surface area contributed by atoms with Crippen LogP contribution in [0.1, 0.15) is 32.1 Å². The molecule has 2 fully saturated rings. The molecule has 1 aliphatic carbocycles. The number of carbonyl (C=O) groups is 1. The van der Waals surface area contributed by atoms with Crippen molar-refractivity contribution >= 4 is 18.2 Å². The molecule has 1 saturated carbocycles. The highest BCUT2D eigenvalue weighted by Gasteiger charge is 2.32. The normalized spacial score (nSPS) is 30.7. The van der Waals surface area contributed by atoms with Gasteiger partial charge in [0, 0.05) is 13.0 Å². The second-order valence-electron chi connectivity index (χ2n) is 3.69. The summed E-state index contributed by atoms with van der Waals surface area (Å²) in [4.78, 5) is 11.3. The maximum atomic E-state index is 11.3. The number of hydrogen-bond donors (Lipinski definition) is 1. The number of hydrogen-bond acceptors (Lipinski definition) is 2. The maximum absolute atomic E-state index is 11.3. The standard InChI is InChI=1S/C9H15NO.ClH/c11-8-5-6-10-9(8)7-3-1-2-4-7;/h7,9-10H,1-6H2;1H. The highest BCUT2D eigenvalue weighted by molar-refractivity contribution is 5.86. The van der Waals surface area contributed by atoms with Crippen LogP contribution in [0.4, 0.5) is 0 Å². The zero-order valence-corrected chi connectivity index (χ0v) is 8.03. The molecule has 0 aromatic rings. The van der Waals surface area contributed by atoms with E-state index in [1.807, 2.05) is 0 Å². The molecule has 0 spiro atoms. The Balaban J connectivity index is 0.000000720. The van der Waals surface area contributed by atoms with E-state index in [-0.39, 0.29) is 18.4 Å². The third-order valence-corrected chi connectivity index (χ3v) is 2.95. The van der Waals surface area contributed by atoms with E-state index in [9.17, 15) is 4.79 Å². The molecule has 2 rings (SSSR count). The number of ketones is 1. The van der Waals surface area contributed by atoms with Crippen molar-refractivity contribution in [3.8, 4) is 0 Å². The molecule has 0 bridgehead atoms. The van der Waals surface area contributed by atoms with Crippen LogP contribution >= 0.6 is 12.4 Å². The van der Waals surface area contributed by atoms with E-state index in [4.69, 9.17) is 0 Å². The largest absolute Gasteiger partial charge is 0.307 e. The van der Waals surface area contributed by atoms with Gasteiger partial charge >= 0.3 is 0 Å². The summed E-state index contributed by atoms with van der Waals surface area (Å²) in [7, 11) is 0. The van der Waals surface area contributed by atoms with Crippen LogP contribution in [0.3, 0.4) is 0 Å². The molecule has 3 heteroatoms. The predicted octanol–water partition coefficient (Wildman–Crippen LogP) is 1.53. The lowest BCUT2D eigenvalue weighted by molar-refractivity contribution is -0.119. The summed E-state index contributed by atoms with van der Waals surface area (Å²) in [6, 6.07) is 0.234. The summed E-state index contributed by atoms with van der Waals surface area (Å²) in [5.74, 6) is 1.13. The Bertz CT molecular complexity index is 166. The van der Waals surface area contributed by atoms with E-state index in [1.54, 1.807) is 0 Å². The molecule has 0 radical (unpaired) electrons. The zero-order chi connectivity index (χ0) is 7.68. The first-order valence-electron chi connectivity index (χ1n) is 4.64. The quantitative estimate of drug-likeness (QED) is 0.678. The molecule has 0 amide bonds. The Morgan fingerprint density at radius 3 is 2.42 bits per heavy atom. The van der Waals surface area contributed by atoms with Crippen molar-refractivity contribution in [2.45, 2.75) is 38.1 Å². The summed E-state index contributed by atoms with van der Waals surface area (Å²) >= 11 is 0. The number of nitrogens with one attached hydrogen (secondary N) is 1. The average molecular weight is 190 g/mol. The minimum Gasteiger partial charge on any atom is -0.307 e. The smallest absolute Gasteiger partial charge is 0.151 e. The maximum Gasteiger partial charge on any atom is 0.151 e. The summed E-state index contributed by atoms with van der Waals surface area (Å²) in [6.45, 7) is 0.917. The topological polar surface area (TPSA) is 29.1 Å². The van der Waals surface area contributed by atoms with Crippen molar-refractivity contribution in [1.29, 1.82) is 0 Å². The van der Waals surface area contributed by atoms with Gasteiger partial charge in [-0.15, -0.1) is 12.4 Å². The van der Waals surface area contributed by atoms with Gasteiger partial charge in [-0.1, -0.05) is 12.8 Å². The Morgan fingerprint density at radius 2 is 1.92 bits per heavy atom. The van der Waals surface area contributed by atoms with Crippen LogP contribution in [0.15, 0.2) is 0 Å². The Labute approximate surface area is 79.5 Å². The molecule has 1 N–H and O–H groups in total. The Kier molecular flexibility index (Phi) is 3.53. The van der Waals surface area contributed by atoms with E-state index in [0.29, 0.717) is 11.7 Å². The molecule has 0 aromatic carbocycles. The third-order valence-electron chi connectivity index (χ3n) is 2.95. The van der Waals surface area contributed by atoms with Gasteiger partial charge in [0.05, 0.1) is 6.04 Å². The van der Waals surface area contributed by atoms with Crippen LogP contribution in [-0.4, -0.2) is 18.4 Å². The van der Waals surface area contributed by atoms with Crippen LogP contribution in [-0.2, 0) is 4.79 Å². The lowest BCUT2D eigenvalue weighted by Gasteiger charge is -2.15. The van der Waals surface area contributed by atoms with Gasteiger partial charge in [0.25, 0.3) is 0 Å². The van der Waals surface area contributed by atoms with Crippen molar-refractivity contribution in [2.75, 3.05) is 6.54 Å². The van der Waals surface area contributed by atoms with Crippen molar-refractivity contribution in [3.05, 3.63) is 0 Å². The summed E-state index contributed by atoms with van der Waals surface area (Å²) in [5.41, 5.74) is 0. The van der Waals surface area contributed by atoms with Gasteiger partial charge in [-0.25, -0.2) is 0 Å². The summed E-state index contributed by atoms with van der Waals surface area (Å²) < 4.78 is 0. The Hall–Kier alpha value is -0.0800. The van der Waals surface area contributed by atoms with Crippen LogP contribution in [0.5, 0.6) is 0 Å². The molecule has 1 aliphatic heterocycles. The molecule has 70 valence electrons. The second kappa shape index (κ2) is 4.24. The molecule has 1 unspecified atom stereocenters. The predicted molar refractivity (Wildman–Crippen MR) is 50.6 cm³/mol. The number of rotatable bonds is 1. The zero-order valence-electron chi connectivity index (χ0n) is 7.21. The number of halogens is 1. The van der Waals surface area contributed by atoms with E-state index in [0.717, 1.165) is 13.0 Å². The van der Waals surface area contributed by atoms with E-state index in [2.05, 4.69) is 5.32 Å². The van der Waals surface area contributed by atoms with Gasteiger partial charge in [0.1, 0.15) is 0 Å². The van der Waals surface area contributed by atoms with Crippen molar-refractivity contribution in [1.82, 2.24) is 5.32 Å². The van der Waals surface area contributed by atoms with Gasteiger partial charge in [-0.2, -0.15) is 0 Å². The van der Waals surface area contributed by atoms with E-state index >= 15 is 0 Å². The van der Waals surface area contributed by atoms with Crippen LogP contribution in [0.2, 0.25) is 0 Å². The van der Waals surface area contributed by atoms with Gasteiger partial charge in [0.2, 0.25) is 0 Å². The average Bonchev–Trinajstić information content (AvgIpc) is 2.55. The van der Waals surface area contributed by atoms with Crippen LogP contribution in [0, 0.1) is 5.92 Å². The van der Waals surface area contributed by atoms with Crippen molar-refractivity contribution in [3.63, 3.8) is 0 Å². The second-order valence-corrected chi connectivity index (χ2v) is 3.69. The monoisotopic (exact) mass is 189 g/mol. The molecular formula is C9H16ClNO. The first kappa shape index (κ1) is 10.0. The molecule has 2 nitrogen and oxygen atoms in total. The fourth-order valence-electron chi connectivity index (χ4n) is 2.34. The first-order valence-corrected chi connectivity index (χ1v) is 4.64. The van der Waals surface area contributed by atoms with Gasteiger partial charge in [-0.3, -0.25) is 4.79 Å². The third kappa shape index (κ3) is 1.80.